The molecule has 0 unspecified atom stereocenters. The third-order valence-corrected chi connectivity index (χ3v) is 13.8. The summed E-state index contributed by atoms with van der Waals surface area (Å²) < 4.78 is 0. The molecule has 10 aromatic carbocycles. The summed E-state index contributed by atoms with van der Waals surface area (Å²) in [6, 6.07) is 84.7. The van der Waals surface area contributed by atoms with Gasteiger partial charge in [-0.2, -0.15) is 0 Å². The first kappa shape index (κ1) is 38.9. The zero-order valence-electron chi connectivity index (χ0n) is 37.0. The predicted octanol–water partition coefficient (Wildman–Crippen LogP) is 14.9. The minimum atomic E-state index is -0.0578. The summed E-state index contributed by atoms with van der Waals surface area (Å²) in [5.41, 5.74) is 17.6. The van der Waals surface area contributed by atoms with Crippen molar-refractivity contribution in [1.29, 1.82) is 0 Å². The van der Waals surface area contributed by atoms with Crippen LogP contribution in [-0.4, -0.2) is 6.71 Å². The maximum atomic E-state index is 2.55. The summed E-state index contributed by atoms with van der Waals surface area (Å²) in [6.45, 7) is -0.0578. The van der Waals surface area contributed by atoms with Crippen LogP contribution < -0.4 is 36.0 Å². The van der Waals surface area contributed by atoms with Gasteiger partial charge in [0.25, 0.3) is 6.71 Å². The van der Waals surface area contributed by atoms with E-state index in [4.69, 9.17) is 0 Å². The molecule has 5 heteroatoms. The van der Waals surface area contributed by atoms with Gasteiger partial charge in [0.1, 0.15) is 0 Å². The molecule has 10 aromatic rings. The predicted molar refractivity (Wildman–Crippen MR) is 285 cm³/mol. The highest BCUT2D eigenvalue weighted by atomic mass is 15.2. The molecule has 0 fully saturated rings. The van der Waals surface area contributed by atoms with Gasteiger partial charge in [-0.3, -0.25) is 0 Å². The summed E-state index contributed by atoms with van der Waals surface area (Å²) in [4.78, 5) is 9.90. The van der Waals surface area contributed by atoms with Crippen molar-refractivity contribution in [2.75, 3.05) is 19.6 Å². The van der Waals surface area contributed by atoms with E-state index in [1.807, 2.05) is 0 Å². The van der Waals surface area contributed by atoms with E-state index in [0.29, 0.717) is 0 Å². The first-order chi connectivity index (χ1) is 33.3. The Kier molecular flexibility index (Phi) is 9.38. The van der Waals surface area contributed by atoms with Crippen LogP contribution in [0, 0.1) is 0 Å². The number of rotatable bonds is 8. The monoisotopic (exact) mass is 856 g/mol. The first-order valence-electron chi connectivity index (χ1n) is 23.4. The number of fused-ring (bicyclic) bond motifs is 6. The quantitative estimate of drug-likeness (QED) is 0.141. The van der Waals surface area contributed by atoms with Crippen LogP contribution in [0.4, 0.5) is 62.6 Å². The van der Waals surface area contributed by atoms with Crippen LogP contribution in [0.3, 0.4) is 0 Å². The van der Waals surface area contributed by atoms with E-state index < -0.39 is 0 Å². The highest BCUT2D eigenvalue weighted by Crippen LogP contribution is 2.49. The van der Waals surface area contributed by atoms with E-state index in [-0.39, 0.29) is 6.71 Å². The van der Waals surface area contributed by atoms with Crippen LogP contribution in [0.2, 0.25) is 0 Å². The molecule has 0 aromatic heterocycles. The van der Waals surface area contributed by atoms with E-state index in [9.17, 15) is 0 Å². The van der Waals surface area contributed by atoms with Crippen LogP contribution in [-0.2, 0) is 0 Å². The largest absolute Gasteiger partial charge is 0.311 e. The lowest BCUT2D eigenvalue weighted by molar-refractivity contribution is 0.997. The minimum Gasteiger partial charge on any atom is -0.311 e. The minimum absolute atomic E-state index is 0.0578. The molecule has 67 heavy (non-hydrogen) atoms. The zero-order chi connectivity index (χ0) is 44.3. The fourth-order valence-corrected chi connectivity index (χ4v) is 10.9. The Morgan fingerprint density at radius 2 is 0.776 bits per heavy atom. The molecule has 1 aliphatic carbocycles. The molecule has 13 rings (SSSR count). The topological polar surface area (TPSA) is 13.0 Å². The van der Waals surface area contributed by atoms with Crippen LogP contribution >= 0.6 is 0 Å². The van der Waals surface area contributed by atoms with E-state index in [1.165, 1.54) is 60.7 Å². The smallest absolute Gasteiger partial charge is 0.252 e. The molecule has 0 atom stereocenters. The van der Waals surface area contributed by atoms with Gasteiger partial charge in [0.05, 0.1) is 11.4 Å². The van der Waals surface area contributed by atoms with Gasteiger partial charge in [0.2, 0.25) is 0 Å². The van der Waals surface area contributed by atoms with Crippen molar-refractivity contribution in [2.24, 2.45) is 0 Å². The lowest BCUT2D eigenvalue weighted by Gasteiger charge is -2.45. The maximum Gasteiger partial charge on any atom is 0.252 e. The molecule has 0 spiro atoms. The van der Waals surface area contributed by atoms with Gasteiger partial charge < -0.3 is 19.6 Å². The second-order valence-electron chi connectivity index (χ2n) is 17.6. The highest BCUT2D eigenvalue weighted by Gasteiger charge is 2.44. The highest BCUT2D eigenvalue weighted by molar-refractivity contribution is 7.00. The zero-order valence-corrected chi connectivity index (χ0v) is 37.0. The van der Waals surface area contributed by atoms with Crippen molar-refractivity contribution in [2.45, 2.75) is 12.8 Å². The van der Waals surface area contributed by atoms with Crippen molar-refractivity contribution < 1.29 is 0 Å². The number of anilines is 11. The summed E-state index contributed by atoms with van der Waals surface area (Å²) >= 11 is 0. The summed E-state index contributed by atoms with van der Waals surface area (Å²) in [6.07, 6.45) is 9.03. The second kappa shape index (κ2) is 16.2. The van der Waals surface area contributed by atoms with E-state index in [0.717, 1.165) is 58.3 Å². The molecule has 0 saturated carbocycles. The standard InChI is InChI=1S/C62H45BN4/c1-5-24-46(25-6-1)64(47-26-7-2-8-27-47)50-38-40-54-60(42-50)66(56-34-17-22-44-20-13-15-32-52(44)56)58-36-19-37-59-62(58)63(54)55-41-39-51(65(48-28-9-3-10-29-48)49-30-11-4-12-31-49)43-61(55)67(59)57-35-18-23-45-21-14-16-33-53(45)57/h1-3,5-11,13-43H,4,12H2. The van der Waals surface area contributed by atoms with E-state index in [2.05, 4.69) is 268 Å². The number of hydrogen-bond donors (Lipinski definition) is 0. The molecule has 0 N–H and O–H groups in total. The Balaban J connectivity index is 1.10. The van der Waals surface area contributed by atoms with E-state index >= 15 is 0 Å². The molecule has 0 bridgehead atoms. The number of allylic oxidation sites excluding steroid dienone is 3. The summed E-state index contributed by atoms with van der Waals surface area (Å²) in [5.74, 6) is 0. The molecule has 0 amide bonds. The molecule has 0 radical (unpaired) electrons. The fraction of sp³-hybridized carbons (Fsp3) is 0.0323. The van der Waals surface area contributed by atoms with Crippen molar-refractivity contribution in [3.8, 4) is 0 Å². The van der Waals surface area contributed by atoms with Gasteiger partial charge in [-0.05, 0) is 131 Å². The normalized spacial score (nSPS) is 13.5. The maximum absolute atomic E-state index is 2.55. The van der Waals surface area contributed by atoms with Crippen molar-refractivity contribution in [3.05, 3.63) is 254 Å². The van der Waals surface area contributed by atoms with Crippen molar-refractivity contribution in [3.63, 3.8) is 0 Å². The fourth-order valence-electron chi connectivity index (χ4n) is 10.9. The van der Waals surface area contributed by atoms with Gasteiger partial charge in [-0.1, -0.05) is 158 Å². The third kappa shape index (κ3) is 6.46. The number of hydrogen-bond acceptors (Lipinski definition) is 4. The molecule has 316 valence electrons. The molecule has 0 saturated heterocycles. The second-order valence-corrected chi connectivity index (χ2v) is 17.6. The average Bonchev–Trinajstić information content (AvgIpc) is 3.40. The van der Waals surface area contributed by atoms with E-state index in [1.54, 1.807) is 0 Å². The lowest BCUT2D eigenvalue weighted by Crippen LogP contribution is -2.61. The van der Waals surface area contributed by atoms with Crippen LogP contribution in [0.1, 0.15) is 12.8 Å². The molecular weight excluding hydrogens is 812 g/mol. The third-order valence-electron chi connectivity index (χ3n) is 13.8. The molecular formula is C62H45BN4. The lowest BCUT2D eigenvalue weighted by atomic mass is 9.33. The summed E-state index contributed by atoms with van der Waals surface area (Å²) in [7, 11) is 0. The molecule has 3 aliphatic rings. The Morgan fingerprint density at radius 3 is 1.28 bits per heavy atom. The number of benzene rings is 10. The Labute approximate surface area is 392 Å². The Morgan fingerprint density at radius 1 is 0.343 bits per heavy atom. The van der Waals surface area contributed by atoms with Crippen molar-refractivity contribution in [1.82, 2.24) is 0 Å². The van der Waals surface area contributed by atoms with Crippen LogP contribution in [0.5, 0.6) is 0 Å². The van der Waals surface area contributed by atoms with Crippen LogP contribution in [0.15, 0.2) is 254 Å². The summed E-state index contributed by atoms with van der Waals surface area (Å²) in [5, 5.41) is 4.84. The first-order valence-corrected chi connectivity index (χ1v) is 23.4. The van der Waals surface area contributed by atoms with Crippen molar-refractivity contribution >= 4 is 107 Å². The molecule has 2 aliphatic heterocycles. The van der Waals surface area contributed by atoms with Gasteiger partial charge in [-0.25, -0.2) is 0 Å². The van der Waals surface area contributed by atoms with Crippen LogP contribution in [0.25, 0.3) is 21.5 Å². The SMILES string of the molecule is C1=CC(N(c2ccccc2)c2ccc3c(c2)N(c2cccc4ccccc24)c2cccc4c2B3c2ccc(N(c3ccccc3)c3ccccc3)cc2N4c2cccc3ccccc23)=CCC1. The number of para-hydroxylation sites is 3. The van der Waals surface area contributed by atoms with Gasteiger partial charge >= 0.3 is 0 Å². The van der Waals surface area contributed by atoms with Gasteiger partial charge in [0, 0.05) is 67.7 Å². The number of nitrogens with zero attached hydrogens (tertiary/aromatic N) is 4. The molecule has 2 heterocycles. The van der Waals surface area contributed by atoms with Gasteiger partial charge in [-0.15, -0.1) is 0 Å². The Bertz CT molecular complexity index is 3520. The van der Waals surface area contributed by atoms with Gasteiger partial charge in [0.15, 0.2) is 0 Å². The molecule has 4 nitrogen and oxygen atoms in total. The average molecular weight is 857 g/mol. The Hall–Kier alpha value is -8.54.